The molecule has 0 saturated heterocycles. The fraction of sp³-hybridized carbons (Fsp3) is 0.217. The third-order valence-electron chi connectivity index (χ3n) is 4.72. The number of fused-ring (bicyclic) bond motifs is 1. The number of para-hydroxylation sites is 1. The molecule has 0 saturated carbocycles. The van der Waals surface area contributed by atoms with Crippen molar-refractivity contribution >= 4 is 45.7 Å². The van der Waals surface area contributed by atoms with Crippen molar-refractivity contribution in [2.45, 2.75) is 20.4 Å². The second-order valence-corrected chi connectivity index (χ2v) is 8.27. The lowest BCUT2D eigenvalue weighted by Crippen LogP contribution is -2.07. The average molecular weight is 441 g/mol. The third-order valence-corrected chi connectivity index (χ3v) is 5.31. The number of rotatable bonds is 6. The Morgan fingerprint density at radius 3 is 2.50 bits per heavy atom. The number of nitrogens with one attached hydrogen (secondary N) is 1. The summed E-state index contributed by atoms with van der Waals surface area (Å²) in [5, 5.41) is 4.43. The Bertz CT molecular complexity index is 1190. The summed E-state index contributed by atoms with van der Waals surface area (Å²) in [6, 6.07) is 15.2. The predicted octanol–water partition coefficient (Wildman–Crippen LogP) is 6.81. The van der Waals surface area contributed by atoms with Crippen molar-refractivity contribution in [3.8, 4) is 17.1 Å². The molecule has 0 aliphatic rings. The van der Waals surface area contributed by atoms with Crippen LogP contribution < -0.4 is 10.1 Å². The molecular formula is C23H22Cl2N4O. The number of methoxy groups -OCH3 is 1. The van der Waals surface area contributed by atoms with E-state index in [0.717, 1.165) is 40.4 Å². The van der Waals surface area contributed by atoms with Crippen molar-refractivity contribution in [3.63, 3.8) is 0 Å². The summed E-state index contributed by atoms with van der Waals surface area (Å²) >= 11 is 13.1. The van der Waals surface area contributed by atoms with Gasteiger partial charge in [0.15, 0.2) is 0 Å². The molecule has 0 unspecified atom stereocenters. The zero-order valence-electron chi connectivity index (χ0n) is 17.0. The fourth-order valence-electron chi connectivity index (χ4n) is 3.37. The predicted molar refractivity (Wildman–Crippen MR) is 124 cm³/mol. The monoisotopic (exact) mass is 440 g/mol. The normalized spacial score (nSPS) is 11.3. The molecule has 4 aromatic rings. The molecule has 2 heterocycles. The van der Waals surface area contributed by atoms with E-state index >= 15 is 0 Å². The van der Waals surface area contributed by atoms with Gasteiger partial charge in [-0.3, -0.25) is 0 Å². The quantitative estimate of drug-likeness (QED) is 0.357. The van der Waals surface area contributed by atoms with E-state index < -0.39 is 0 Å². The molecule has 30 heavy (non-hydrogen) atoms. The summed E-state index contributed by atoms with van der Waals surface area (Å²) < 4.78 is 7.34. The van der Waals surface area contributed by atoms with Gasteiger partial charge in [-0.15, -0.1) is 0 Å². The molecule has 0 radical (unpaired) electrons. The van der Waals surface area contributed by atoms with Crippen LogP contribution in [0.15, 0.2) is 54.7 Å². The number of benzene rings is 2. The standard InChI is InChI=1S/C23H22Cl2N4O/c1-14(2)13-29-21-18(24)5-4-6-20(21)28-23(29)15-11-19(25)22(26-12-15)27-16-7-9-17(30-3)10-8-16/h4-12,14H,13H2,1-3H3,(H,26,27). The van der Waals surface area contributed by atoms with Gasteiger partial charge < -0.3 is 14.6 Å². The van der Waals surface area contributed by atoms with Crippen LogP contribution in [-0.2, 0) is 6.54 Å². The molecular weight excluding hydrogens is 419 g/mol. The van der Waals surface area contributed by atoms with Gasteiger partial charge >= 0.3 is 0 Å². The lowest BCUT2D eigenvalue weighted by Gasteiger charge is -2.13. The molecule has 0 aliphatic carbocycles. The number of ether oxygens (including phenoxy) is 1. The summed E-state index contributed by atoms with van der Waals surface area (Å²) in [7, 11) is 1.64. The maximum Gasteiger partial charge on any atom is 0.149 e. The van der Waals surface area contributed by atoms with E-state index in [1.54, 1.807) is 13.3 Å². The van der Waals surface area contributed by atoms with Gasteiger partial charge in [0, 0.05) is 24.0 Å². The van der Waals surface area contributed by atoms with Crippen LogP contribution in [0.25, 0.3) is 22.4 Å². The smallest absolute Gasteiger partial charge is 0.149 e. The topological polar surface area (TPSA) is 52.0 Å². The lowest BCUT2D eigenvalue weighted by atomic mass is 10.2. The summed E-state index contributed by atoms with van der Waals surface area (Å²) in [6.45, 7) is 5.12. The number of nitrogens with zero attached hydrogens (tertiary/aromatic N) is 3. The van der Waals surface area contributed by atoms with Crippen LogP contribution in [0.1, 0.15) is 13.8 Å². The number of pyridine rings is 1. The van der Waals surface area contributed by atoms with Crippen LogP contribution in [0.2, 0.25) is 10.0 Å². The molecule has 0 atom stereocenters. The minimum absolute atomic E-state index is 0.428. The molecule has 2 aromatic carbocycles. The van der Waals surface area contributed by atoms with Crippen LogP contribution in [0.4, 0.5) is 11.5 Å². The van der Waals surface area contributed by atoms with Crippen LogP contribution in [0.5, 0.6) is 5.75 Å². The minimum Gasteiger partial charge on any atom is -0.497 e. The van der Waals surface area contributed by atoms with Crippen LogP contribution in [0, 0.1) is 5.92 Å². The number of hydrogen-bond donors (Lipinski definition) is 1. The van der Waals surface area contributed by atoms with Gasteiger partial charge in [0.1, 0.15) is 17.4 Å². The summed E-state index contributed by atoms with van der Waals surface area (Å²) in [6.07, 6.45) is 1.78. The Hall–Kier alpha value is -2.76. The first-order valence-electron chi connectivity index (χ1n) is 9.68. The Morgan fingerprint density at radius 1 is 1.07 bits per heavy atom. The van der Waals surface area contributed by atoms with Gasteiger partial charge in [0.25, 0.3) is 0 Å². The Balaban J connectivity index is 1.71. The summed E-state index contributed by atoms with van der Waals surface area (Å²) in [5.74, 6) is 2.60. The minimum atomic E-state index is 0.428. The zero-order chi connectivity index (χ0) is 21.3. The number of halogens is 2. The SMILES string of the molecule is COc1ccc(Nc2ncc(-c3nc4cccc(Cl)c4n3CC(C)C)cc2Cl)cc1. The van der Waals surface area contributed by atoms with Gasteiger partial charge in [0.2, 0.25) is 0 Å². The Labute approximate surface area is 185 Å². The Morgan fingerprint density at radius 2 is 1.83 bits per heavy atom. The van der Waals surface area contributed by atoms with E-state index in [4.69, 9.17) is 32.9 Å². The first-order valence-corrected chi connectivity index (χ1v) is 10.4. The average Bonchev–Trinajstić information content (AvgIpc) is 3.09. The molecule has 7 heteroatoms. The highest BCUT2D eigenvalue weighted by Gasteiger charge is 2.17. The number of aromatic nitrogens is 3. The van der Waals surface area contributed by atoms with Gasteiger partial charge in [0.05, 0.1) is 28.2 Å². The summed E-state index contributed by atoms with van der Waals surface area (Å²) in [4.78, 5) is 9.36. The van der Waals surface area contributed by atoms with Crippen LogP contribution >= 0.6 is 23.2 Å². The zero-order valence-corrected chi connectivity index (χ0v) is 18.5. The first kappa shape index (κ1) is 20.5. The maximum atomic E-state index is 6.56. The second kappa shape index (κ2) is 8.54. The molecule has 1 N–H and O–H groups in total. The summed E-state index contributed by atoms with van der Waals surface area (Å²) in [5.41, 5.74) is 3.50. The molecule has 0 fully saturated rings. The van der Waals surface area contributed by atoms with Crippen LogP contribution in [0.3, 0.4) is 0 Å². The van der Waals surface area contributed by atoms with E-state index in [1.807, 2.05) is 48.5 Å². The van der Waals surface area contributed by atoms with Crippen molar-refractivity contribution in [1.29, 1.82) is 0 Å². The number of anilines is 2. The number of hydrogen-bond acceptors (Lipinski definition) is 4. The fourth-order valence-corrected chi connectivity index (χ4v) is 3.85. The third kappa shape index (κ3) is 4.09. The highest BCUT2D eigenvalue weighted by atomic mass is 35.5. The highest BCUT2D eigenvalue weighted by molar-refractivity contribution is 6.35. The molecule has 0 spiro atoms. The molecule has 4 rings (SSSR count). The Kier molecular flexibility index (Phi) is 5.84. The number of imidazole rings is 1. The van der Waals surface area contributed by atoms with Gasteiger partial charge in [-0.2, -0.15) is 0 Å². The van der Waals surface area contributed by atoms with E-state index in [9.17, 15) is 0 Å². The van der Waals surface area contributed by atoms with E-state index in [0.29, 0.717) is 21.8 Å². The lowest BCUT2D eigenvalue weighted by molar-refractivity contribution is 0.415. The van der Waals surface area contributed by atoms with Crippen molar-refractivity contribution in [3.05, 3.63) is 64.8 Å². The van der Waals surface area contributed by atoms with Crippen molar-refractivity contribution in [2.75, 3.05) is 12.4 Å². The van der Waals surface area contributed by atoms with Crippen molar-refractivity contribution < 1.29 is 4.74 Å². The molecule has 0 bridgehead atoms. The van der Waals surface area contributed by atoms with E-state index in [-0.39, 0.29) is 0 Å². The molecule has 2 aromatic heterocycles. The van der Waals surface area contributed by atoms with E-state index in [1.165, 1.54) is 0 Å². The largest absolute Gasteiger partial charge is 0.497 e. The van der Waals surface area contributed by atoms with Crippen molar-refractivity contribution in [1.82, 2.24) is 14.5 Å². The maximum absolute atomic E-state index is 6.56. The first-order chi connectivity index (χ1) is 14.5. The highest BCUT2D eigenvalue weighted by Crippen LogP contribution is 2.33. The second-order valence-electron chi connectivity index (χ2n) is 7.46. The van der Waals surface area contributed by atoms with Crippen LogP contribution in [-0.4, -0.2) is 21.6 Å². The van der Waals surface area contributed by atoms with Gasteiger partial charge in [-0.25, -0.2) is 9.97 Å². The molecule has 154 valence electrons. The molecule has 5 nitrogen and oxygen atoms in total. The van der Waals surface area contributed by atoms with Gasteiger partial charge in [-0.05, 0) is 48.4 Å². The molecule has 0 amide bonds. The van der Waals surface area contributed by atoms with Crippen molar-refractivity contribution in [2.24, 2.45) is 5.92 Å². The van der Waals surface area contributed by atoms with Gasteiger partial charge in [-0.1, -0.05) is 43.1 Å². The van der Waals surface area contributed by atoms with E-state index in [2.05, 4.69) is 28.7 Å². The molecule has 0 aliphatic heterocycles.